The molecule has 0 aromatic heterocycles. The molecule has 0 unspecified atom stereocenters. The number of allylic oxidation sites excluding steroid dienone is 3. The highest BCUT2D eigenvalue weighted by molar-refractivity contribution is 6.04. The molecule has 0 amide bonds. The maximum Gasteiger partial charge on any atom is 0.336 e. The lowest BCUT2D eigenvalue weighted by molar-refractivity contribution is -0.384. The average molecular weight is 523 g/mol. The summed E-state index contributed by atoms with van der Waals surface area (Å²) in [6.07, 6.45) is 0.758. The molecule has 0 radical (unpaired) electrons. The molecule has 10 nitrogen and oxygen atoms in total. The van der Waals surface area contributed by atoms with Gasteiger partial charge in [0, 0.05) is 48.5 Å². The van der Waals surface area contributed by atoms with Gasteiger partial charge >= 0.3 is 5.97 Å². The highest BCUT2D eigenvalue weighted by Crippen LogP contribution is 2.46. The Hall–Kier alpha value is -4.18. The number of ketones is 1. The number of nitrogens with one attached hydrogen (secondary N) is 1. The summed E-state index contributed by atoms with van der Waals surface area (Å²) in [5.41, 5.74) is 3.51. The highest BCUT2D eigenvalue weighted by atomic mass is 16.6. The summed E-state index contributed by atoms with van der Waals surface area (Å²) in [7, 11) is 4.63. The molecule has 1 aliphatic heterocycles. The maximum absolute atomic E-state index is 13.7. The SMILES string of the molecule is COCCOC(=O)C1=C(C)NC2=C(C(=O)C[C@H](c3ccc(OC)c(OC)c3)C2)[C@H]1c1ccc([N+](=O)[O-])cc1. The van der Waals surface area contributed by atoms with Gasteiger partial charge in [-0.3, -0.25) is 14.9 Å². The van der Waals surface area contributed by atoms with Crippen LogP contribution >= 0.6 is 0 Å². The average Bonchev–Trinajstić information content (AvgIpc) is 2.91. The molecule has 2 aromatic carbocycles. The Kier molecular flexibility index (Phi) is 8.11. The van der Waals surface area contributed by atoms with Gasteiger partial charge < -0.3 is 24.3 Å². The second kappa shape index (κ2) is 11.5. The lowest BCUT2D eigenvalue weighted by Crippen LogP contribution is -2.36. The third-order valence-electron chi connectivity index (χ3n) is 6.88. The number of nitro groups is 1. The number of rotatable bonds is 9. The van der Waals surface area contributed by atoms with Gasteiger partial charge in [0.15, 0.2) is 17.3 Å². The van der Waals surface area contributed by atoms with Crippen LogP contribution in [-0.4, -0.2) is 51.2 Å². The maximum atomic E-state index is 13.7. The monoisotopic (exact) mass is 522 g/mol. The number of nitro benzene ring substituents is 1. The smallest absolute Gasteiger partial charge is 0.336 e. The topological polar surface area (TPSA) is 126 Å². The number of non-ortho nitro benzene ring substituents is 1. The van der Waals surface area contributed by atoms with Crippen LogP contribution in [0.3, 0.4) is 0 Å². The van der Waals surface area contributed by atoms with Gasteiger partial charge in [-0.2, -0.15) is 0 Å². The molecule has 0 spiro atoms. The number of esters is 1. The minimum Gasteiger partial charge on any atom is -0.493 e. The zero-order chi connectivity index (χ0) is 27.4. The number of nitrogens with zero attached hydrogens (tertiary/aromatic N) is 1. The van der Waals surface area contributed by atoms with Crippen molar-refractivity contribution in [3.05, 3.63) is 86.2 Å². The van der Waals surface area contributed by atoms with Crippen LogP contribution in [0.15, 0.2) is 65.0 Å². The molecule has 0 fully saturated rings. The van der Waals surface area contributed by atoms with Crippen molar-refractivity contribution < 1.29 is 33.5 Å². The van der Waals surface area contributed by atoms with E-state index >= 15 is 0 Å². The third-order valence-corrected chi connectivity index (χ3v) is 6.88. The van der Waals surface area contributed by atoms with Crippen LogP contribution in [0.25, 0.3) is 0 Å². The van der Waals surface area contributed by atoms with E-state index in [1.807, 2.05) is 18.2 Å². The fraction of sp³-hybridized carbons (Fsp3) is 0.357. The number of carbonyl (C=O) groups excluding carboxylic acids is 2. The van der Waals surface area contributed by atoms with Crippen molar-refractivity contribution in [2.24, 2.45) is 0 Å². The van der Waals surface area contributed by atoms with Crippen LogP contribution in [-0.2, 0) is 19.1 Å². The number of ether oxygens (including phenoxy) is 4. The summed E-state index contributed by atoms with van der Waals surface area (Å²) >= 11 is 0. The predicted molar refractivity (Wildman–Crippen MR) is 138 cm³/mol. The van der Waals surface area contributed by atoms with Gasteiger partial charge in [0.05, 0.1) is 31.3 Å². The number of hydrogen-bond donors (Lipinski definition) is 1. The van der Waals surface area contributed by atoms with E-state index in [-0.39, 0.29) is 37.0 Å². The van der Waals surface area contributed by atoms with E-state index in [1.54, 1.807) is 33.3 Å². The van der Waals surface area contributed by atoms with E-state index in [2.05, 4.69) is 5.32 Å². The third kappa shape index (κ3) is 5.26. The van der Waals surface area contributed by atoms with Gasteiger partial charge in [-0.05, 0) is 42.5 Å². The van der Waals surface area contributed by atoms with Crippen LogP contribution in [0.1, 0.15) is 42.7 Å². The van der Waals surface area contributed by atoms with Crippen molar-refractivity contribution in [3.63, 3.8) is 0 Å². The molecule has 0 bridgehead atoms. The standard InChI is InChI=1S/C28H30N2O8/c1-16-25(28(32)38-12-11-35-2)26(17-5-8-20(9-6-17)30(33)34)27-21(29-16)13-19(14-22(27)31)18-7-10-23(36-3)24(15-18)37-4/h5-10,15,19,26,29H,11-14H2,1-4H3/t19-,26+/m1/s1. The summed E-state index contributed by atoms with van der Waals surface area (Å²) < 4.78 is 21.2. The van der Waals surface area contributed by atoms with Gasteiger partial charge in [-0.1, -0.05) is 18.2 Å². The Morgan fingerprint density at radius 3 is 2.32 bits per heavy atom. The first kappa shape index (κ1) is 26.9. The first-order valence-corrected chi connectivity index (χ1v) is 12.1. The molecule has 2 aliphatic rings. The molecule has 0 saturated heterocycles. The second-order valence-electron chi connectivity index (χ2n) is 9.11. The van der Waals surface area contributed by atoms with Crippen LogP contribution in [0.2, 0.25) is 0 Å². The molecule has 4 rings (SSSR count). The van der Waals surface area contributed by atoms with Gasteiger partial charge in [-0.15, -0.1) is 0 Å². The van der Waals surface area contributed by atoms with Gasteiger partial charge in [0.2, 0.25) is 0 Å². The summed E-state index contributed by atoms with van der Waals surface area (Å²) in [6, 6.07) is 11.5. The summed E-state index contributed by atoms with van der Waals surface area (Å²) in [5, 5.41) is 14.5. The highest BCUT2D eigenvalue weighted by Gasteiger charge is 2.41. The Morgan fingerprint density at radius 2 is 1.68 bits per heavy atom. The van der Waals surface area contributed by atoms with E-state index < -0.39 is 16.8 Å². The van der Waals surface area contributed by atoms with E-state index in [0.717, 1.165) is 11.3 Å². The normalized spacial score (nSPS) is 19.0. The number of dihydropyridines is 1. The Morgan fingerprint density at radius 1 is 1.00 bits per heavy atom. The fourth-order valence-corrected chi connectivity index (χ4v) is 5.07. The van der Waals surface area contributed by atoms with Crippen molar-refractivity contribution in [1.82, 2.24) is 5.32 Å². The molecule has 1 heterocycles. The molecule has 0 saturated carbocycles. The van der Waals surface area contributed by atoms with E-state index in [0.29, 0.717) is 40.3 Å². The van der Waals surface area contributed by atoms with Gasteiger partial charge in [0.1, 0.15) is 6.61 Å². The lowest BCUT2D eigenvalue weighted by Gasteiger charge is -2.36. The molecule has 200 valence electrons. The fourth-order valence-electron chi connectivity index (χ4n) is 5.07. The largest absolute Gasteiger partial charge is 0.493 e. The van der Waals surface area contributed by atoms with Crippen molar-refractivity contribution in [3.8, 4) is 11.5 Å². The molecule has 2 aromatic rings. The molecular formula is C28H30N2O8. The summed E-state index contributed by atoms with van der Waals surface area (Å²) in [6.45, 7) is 2.05. The number of hydrogen-bond acceptors (Lipinski definition) is 9. The van der Waals surface area contributed by atoms with Crippen LogP contribution in [0, 0.1) is 10.1 Å². The Balaban J connectivity index is 1.75. The molecule has 10 heteroatoms. The number of methoxy groups -OCH3 is 3. The zero-order valence-corrected chi connectivity index (χ0v) is 21.7. The minimum absolute atomic E-state index is 0.0559. The number of benzene rings is 2. The molecule has 1 aliphatic carbocycles. The van der Waals surface area contributed by atoms with Crippen LogP contribution in [0.5, 0.6) is 11.5 Å². The second-order valence-corrected chi connectivity index (χ2v) is 9.11. The predicted octanol–water partition coefficient (Wildman–Crippen LogP) is 4.16. The first-order chi connectivity index (χ1) is 18.3. The van der Waals surface area contributed by atoms with Gasteiger partial charge in [-0.25, -0.2) is 4.79 Å². The van der Waals surface area contributed by atoms with Crippen molar-refractivity contribution in [2.75, 3.05) is 34.5 Å². The Labute approximate surface area is 220 Å². The van der Waals surface area contributed by atoms with Crippen molar-refractivity contribution in [2.45, 2.75) is 31.6 Å². The molecule has 38 heavy (non-hydrogen) atoms. The molecular weight excluding hydrogens is 492 g/mol. The van der Waals surface area contributed by atoms with E-state index in [4.69, 9.17) is 18.9 Å². The zero-order valence-electron chi connectivity index (χ0n) is 21.7. The van der Waals surface area contributed by atoms with E-state index in [9.17, 15) is 19.7 Å². The number of Topliss-reactive ketones (excluding diaryl/α,β-unsaturated/α-hetero) is 1. The van der Waals surface area contributed by atoms with Crippen LogP contribution in [0.4, 0.5) is 5.69 Å². The lowest BCUT2D eigenvalue weighted by atomic mass is 9.71. The minimum atomic E-state index is -0.721. The molecule has 2 atom stereocenters. The van der Waals surface area contributed by atoms with E-state index in [1.165, 1.54) is 19.2 Å². The Bertz CT molecular complexity index is 1310. The van der Waals surface area contributed by atoms with Gasteiger partial charge in [0.25, 0.3) is 5.69 Å². The van der Waals surface area contributed by atoms with Crippen molar-refractivity contribution >= 4 is 17.4 Å². The summed E-state index contributed by atoms with van der Waals surface area (Å²) in [4.78, 5) is 37.7. The molecule has 1 N–H and O–H groups in total. The quantitative estimate of drug-likeness (QED) is 0.223. The van der Waals surface area contributed by atoms with Crippen LogP contribution < -0.4 is 14.8 Å². The summed E-state index contributed by atoms with van der Waals surface area (Å²) in [5.74, 6) is -0.346. The number of carbonyl (C=O) groups is 2. The first-order valence-electron chi connectivity index (χ1n) is 12.1. The van der Waals surface area contributed by atoms with Crippen molar-refractivity contribution in [1.29, 1.82) is 0 Å².